The minimum atomic E-state index is -0.606. The molecule has 3 aromatic heterocycles. The van der Waals surface area contributed by atoms with Crippen LogP contribution in [0, 0.1) is 24.2 Å². The van der Waals surface area contributed by atoms with Crippen LogP contribution in [0.15, 0.2) is 35.3 Å². The minimum absolute atomic E-state index is 0. The first-order chi connectivity index (χ1) is 13.5. The number of nitrogens with one attached hydrogen (secondary N) is 1. The van der Waals surface area contributed by atoms with Crippen molar-refractivity contribution in [2.75, 3.05) is 31.1 Å². The second-order valence-corrected chi connectivity index (χ2v) is 6.94. The summed E-state index contributed by atoms with van der Waals surface area (Å²) in [5.41, 5.74) is 3.58. The van der Waals surface area contributed by atoms with Crippen molar-refractivity contribution in [1.29, 1.82) is 5.26 Å². The maximum absolute atomic E-state index is 14.1. The summed E-state index contributed by atoms with van der Waals surface area (Å²) >= 11 is 0. The van der Waals surface area contributed by atoms with Gasteiger partial charge < -0.3 is 9.88 Å². The third-order valence-electron chi connectivity index (χ3n) is 5.00. The van der Waals surface area contributed by atoms with Gasteiger partial charge in [0.25, 0.3) is 5.56 Å². The number of aromatic nitrogens is 3. The molecule has 4 rings (SSSR count). The van der Waals surface area contributed by atoms with Crippen LogP contribution >= 0.6 is 0 Å². The van der Waals surface area contributed by atoms with Crippen molar-refractivity contribution in [3.8, 4) is 6.07 Å². The van der Waals surface area contributed by atoms with Crippen molar-refractivity contribution in [2.45, 2.75) is 13.5 Å². The van der Waals surface area contributed by atoms with Gasteiger partial charge in [0.05, 0.1) is 16.7 Å². The Morgan fingerprint density at radius 3 is 2.79 bits per heavy atom. The Labute approximate surface area is 162 Å². The number of piperazine rings is 1. The SMILES string of the molecule is Cc1cc2ncc(CN3CCN(c4ccc(C#N)nc4F)CC3)cc2[nH]c1=O.[HH]. The molecule has 1 fully saturated rings. The van der Waals surface area contributed by atoms with Crippen molar-refractivity contribution < 1.29 is 5.82 Å². The van der Waals surface area contributed by atoms with Crippen molar-refractivity contribution in [3.63, 3.8) is 0 Å². The van der Waals surface area contributed by atoms with E-state index in [1.807, 2.05) is 23.2 Å². The summed E-state index contributed by atoms with van der Waals surface area (Å²) in [6, 6.07) is 8.74. The zero-order chi connectivity index (χ0) is 19.7. The Bertz CT molecular complexity index is 1130. The average Bonchev–Trinajstić information content (AvgIpc) is 2.70. The van der Waals surface area contributed by atoms with Crippen LogP contribution < -0.4 is 10.5 Å². The molecule has 4 heterocycles. The monoisotopic (exact) mass is 380 g/mol. The number of nitrogens with zero attached hydrogens (tertiary/aromatic N) is 5. The Hall–Kier alpha value is -3.31. The predicted molar refractivity (Wildman–Crippen MR) is 106 cm³/mol. The lowest BCUT2D eigenvalue weighted by molar-refractivity contribution is 0.249. The molecule has 0 saturated carbocycles. The fourth-order valence-electron chi connectivity index (χ4n) is 3.44. The first-order valence-electron chi connectivity index (χ1n) is 9.06. The average molecular weight is 380 g/mol. The van der Waals surface area contributed by atoms with Crippen LogP contribution in [0.25, 0.3) is 11.0 Å². The molecule has 0 aliphatic carbocycles. The van der Waals surface area contributed by atoms with Crippen LogP contribution in [-0.2, 0) is 6.54 Å². The van der Waals surface area contributed by atoms with E-state index in [2.05, 4.69) is 19.9 Å². The number of halogens is 1. The topological polar surface area (TPSA) is 88.9 Å². The lowest BCUT2D eigenvalue weighted by Crippen LogP contribution is -2.46. The predicted octanol–water partition coefficient (Wildman–Crippen LogP) is 2.21. The van der Waals surface area contributed by atoms with Crippen molar-refractivity contribution in [3.05, 3.63) is 63.6 Å². The van der Waals surface area contributed by atoms with E-state index in [-0.39, 0.29) is 12.7 Å². The normalized spacial score (nSPS) is 15.0. The second kappa shape index (κ2) is 7.37. The summed E-state index contributed by atoms with van der Waals surface area (Å²) in [5, 5.41) is 8.81. The Morgan fingerprint density at radius 1 is 1.29 bits per heavy atom. The number of rotatable bonds is 3. The highest BCUT2D eigenvalue weighted by Gasteiger charge is 2.20. The van der Waals surface area contributed by atoms with Crippen LogP contribution in [-0.4, -0.2) is 46.0 Å². The fourth-order valence-corrected chi connectivity index (χ4v) is 3.44. The van der Waals surface area contributed by atoms with Gasteiger partial charge in [-0.3, -0.25) is 14.7 Å². The molecule has 28 heavy (non-hydrogen) atoms. The molecule has 0 amide bonds. The molecule has 0 spiro atoms. The molecule has 3 aromatic rings. The molecule has 0 atom stereocenters. The summed E-state index contributed by atoms with van der Waals surface area (Å²) in [6.07, 6.45) is 1.83. The molecule has 0 aromatic carbocycles. The third kappa shape index (κ3) is 3.57. The standard InChI is InChI=1S/C20H19FN6O.H2/c1-13-8-16-17(25-20(13)28)9-14(11-23-16)12-26-4-6-27(7-5-26)18-3-2-15(10-22)24-19(18)21;/h2-3,8-9,11H,4-7,12H2,1H3,(H,25,28);1H. The first kappa shape index (κ1) is 18.1. The quantitative estimate of drug-likeness (QED) is 0.701. The van der Waals surface area contributed by atoms with Gasteiger partial charge in [0.1, 0.15) is 11.8 Å². The van der Waals surface area contributed by atoms with Crippen molar-refractivity contribution in [1.82, 2.24) is 19.9 Å². The van der Waals surface area contributed by atoms with Crippen LogP contribution in [0.1, 0.15) is 18.2 Å². The Kier molecular flexibility index (Phi) is 4.75. The van der Waals surface area contributed by atoms with Gasteiger partial charge in [-0.1, -0.05) is 0 Å². The molecule has 1 N–H and O–H groups in total. The van der Waals surface area contributed by atoms with Crippen molar-refractivity contribution in [2.24, 2.45) is 0 Å². The number of anilines is 1. The largest absolute Gasteiger partial charge is 0.365 e. The fraction of sp³-hybridized carbons (Fsp3) is 0.300. The number of pyridine rings is 3. The van der Waals surface area contributed by atoms with E-state index in [0.29, 0.717) is 30.9 Å². The summed E-state index contributed by atoms with van der Waals surface area (Å²) in [6.45, 7) is 5.34. The number of aryl methyl sites for hydroxylation is 1. The molecule has 8 heteroatoms. The molecule has 0 unspecified atom stereocenters. The first-order valence-corrected chi connectivity index (χ1v) is 9.06. The smallest absolute Gasteiger partial charge is 0.251 e. The van der Waals surface area contributed by atoms with Gasteiger partial charge in [-0.15, -0.1) is 0 Å². The number of aromatic amines is 1. The summed E-state index contributed by atoms with van der Waals surface area (Å²) in [5.74, 6) is -0.606. The van der Waals surface area contributed by atoms with Gasteiger partial charge in [0.15, 0.2) is 0 Å². The van der Waals surface area contributed by atoms with E-state index in [9.17, 15) is 9.18 Å². The molecular formula is C20H21FN6O. The molecule has 1 aliphatic rings. The van der Waals surface area contributed by atoms with E-state index in [1.165, 1.54) is 6.07 Å². The summed E-state index contributed by atoms with van der Waals surface area (Å²) in [7, 11) is 0. The second-order valence-electron chi connectivity index (χ2n) is 6.94. The maximum atomic E-state index is 14.1. The van der Waals surface area contributed by atoms with Gasteiger partial charge in [0.2, 0.25) is 5.95 Å². The zero-order valence-electron chi connectivity index (χ0n) is 15.4. The third-order valence-corrected chi connectivity index (χ3v) is 5.00. The van der Waals surface area contributed by atoms with E-state index >= 15 is 0 Å². The highest BCUT2D eigenvalue weighted by molar-refractivity contribution is 5.74. The molecule has 1 aliphatic heterocycles. The van der Waals surface area contributed by atoms with Gasteiger partial charge in [0, 0.05) is 45.9 Å². The highest BCUT2D eigenvalue weighted by atomic mass is 19.1. The number of nitriles is 1. The molecule has 0 bridgehead atoms. The van der Waals surface area contributed by atoms with Crippen molar-refractivity contribution >= 4 is 16.7 Å². The number of hydrogen-bond acceptors (Lipinski definition) is 6. The van der Waals surface area contributed by atoms with Crippen LogP contribution in [0.4, 0.5) is 10.1 Å². The zero-order valence-corrected chi connectivity index (χ0v) is 15.4. The highest BCUT2D eigenvalue weighted by Crippen LogP contribution is 2.20. The lowest BCUT2D eigenvalue weighted by Gasteiger charge is -2.36. The summed E-state index contributed by atoms with van der Waals surface area (Å²) in [4.78, 5) is 27.0. The lowest BCUT2D eigenvalue weighted by atomic mass is 10.2. The molecule has 1 saturated heterocycles. The minimum Gasteiger partial charge on any atom is -0.365 e. The van der Waals surface area contributed by atoms with E-state index in [4.69, 9.17) is 5.26 Å². The van der Waals surface area contributed by atoms with E-state index in [1.54, 1.807) is 19.1 Å². The van der Waals surface area contributed by atoms with Gasteiger partial charge in [-0.05, 0) is 36.8 Å². The maximum Gasteiger partial charge on any atom is 0.251 e. The van der Waals surface area contributed by atoms with E-state index < -0.39 is 5.95 Å². The van der Waals surface area contributed by atoms with Gasteiger partial charge >= 0.3 is 0 Å². The van der Waals surface area contributed by atoms with Crippen LogP contribution in [0.3, 0.4) is 0 Å². The van der Waals surface area contributed by atoms with Crippen LogP contribution in [0.5, 0.6) is 0 Å². The van der Waals surface area contributed by atoms with Crippen LogP contribution in [0.2, 0.25) is 0 Å². The molecule has 144 valence electrons. The number of H-pyrrole nitrogens is 1. The molecular weight excluding hydrogens is 359 g/mol. The van der Waals surface area contributed by atoms with Gasteiger partial charge in [-0.25, -0.2) is 4.98 Å². The number of fused-ring (bicyclic) bond motifs is 1. The molecule has 7 nitrogen and oxygen atoms in total. The van der Waals surface area contributed by atoms with E-state index in [0.717, 1.165) is 29.7 Å². The Morgan fingerprint density at radius 2 is 2.07 bits per heavy atom. The molecule has 0 radical (unpaired) electrons. The number of hydrogen-bond donors (Lipinski definition) is 1. The Balaban J connectivity index is 0.00000240. The summed E-state index contributed by atoms with van der Waals surface area (Å²) < 4.78 is 14.1. The van der Waals surface area contributed by atoms with Gasteiger partial charge in [-0.2, -0.15) is 9.65 Å².